The molecule has 0 atom stereocenters. The summed E-state index contributed by atoms with van der Waals surface area (Å²) < 4.78 is 0. The molecule has 1 saturated heterocycles. The number of pyridine rings is 1. The predicted molar refractivity (Wildman–Crippen MR) is 89.3 cm³/mol. The lowest BCUT2D eigenvalue weighted by atomic mass is 9.96. The lowest BCUT2D eigenvalue weighted by molar-refractivity contribution is 0.0925. The van der Waals surface area contributed by atoms with Crippen LogP contribution in [0, 0.1) is 0 Å². The zero-order valence-corrected chi connectivity index (χ0v) is 13.4. The van der Waals surface area contributed by atoms with E-state index in [1.807, 2.05) is 12.1 Å². The summed E-state index contributed by atoms with van der Waals surface area (Å²) in [6.45, 7) is 2.18. The van der Waals surface area contributed by atoms with Crippen LogP contribution < -0.4 is 10.2 Å². The van der Waals surface area contributed by atoms with Gasteiger partial charge in [-0.1, -0.05) is 32.1 Å². The van der Waals surface area contributed by atoms with Crippen LogP contribution in [0.15, 0.2) is 18.3 Å². The van der Waals surface area contributed by atoms with Crippen molar-refractivity contribution in [1.29, 1.82) is 0 Å². The van der Waals surface area contributed by atoms with E-state index >= 15 is 0 Å². The number of hydrogen-bond acceptors (Lipinski definition) is 3. The van der Waals surface area contributed by atoms with E-state index in [1.165, 1.54) is 44.9 Å². The molecular formula is C18H27N3O. The molecule has 1 amide bonds. The molecule has 0 radical (unpaired) electrons. The first kappa shape index (κ1) is 15.3. The fourth-order valence-corrected chi connectivity index (χ4v) is 3.58. The Hall–Kier alpha value is -1.58. The number of nitrogens with one attached hydrogen (secondary N) is 1. The first-order valence-corrected chi connectivity index (χ1v) is 8.85. The molecule has 4 nitrogen and oxygen atoms in total. The Bertz CT molecular complexity index is 489. The molecule has 120 valence electrons. The molecule has 4 heteroatoms. The van der Waals surface area contributed by atoms with Crippen molar-refractivity contribution in [2.45, 2.75) is 63.8 Å². The van der Waals surface area contributed by atoms with Crippen molar-refractivity contribution in [1.82, 2.24) is 10.3 Å². The molecular weight excluding hydrogens is 274 g/mol. The molecule has 0 spiro atoms. The first-order chi connectivity index (χ1) is 10.8. The Morgan fingerprint density at radius 2 is 1.73 bits per heavy atom. The van der Waals surface area contributed by atoms with Gasteiger partial charge in [-0.2, -0.15) is 0 Å². The summed E-state index contributed by atoms with van der Waals surface area (Å²) in [4.78, 5) is 19.1. The third-order valence-electron chi connectivity index (χ3n) is 4.89. The van der Waals surface area contributed by atoms with Crippen molar-refractivity contribution >= 4 is 11.6 Å². The van der Waals surface area contributed by atoms with Crippen LogP contribution in [0.5, 0.6) is 0 Å². The number of aromatic nitrogens is 1. The summed E-state index contributed by atoms with van der Waals surface area (Å²) in [5.74, 6) is -0.00776. The highest BCUT2D eigenvalue weighted by Crippen LogP contribution is 2.21. The van der Waals surface area contributed by atoms with E-state index in [2.05, 4.69) is 15.2 Å². The Kier molecular flexibility index (Phi) is 5.30. The van der Waals surface area contributed by atoms with E-state index in [9.17, 15) is 4.79 Å². The van der Waals surface area contributed by atoms with Gasteiger partial charge in [-0.25, -0.2) is 0 Å². The topological polar surface area (TPSA) is 45.2 Å². The third kappa shape index (κ3) is 3.99. The minimum Gasteiger partial charge on any atom is -0.371 e. The molecule has 0 aromatic carbocycles. The monoisotopic (exact) mass is 301 g/mol. The van der Waals surface area contributed by atoms with Crippen LogP contribution in [-0.4, -0.2) is 30.0 Å². The second-order valence-electron chi connectivity index (χ2n) is 6.61. The molecule has 1 N–H and O–H groups in total. The summed E-state index contributed by atoms with van der Waals surface area (Å²) in [5, 5.41) is 3.20. The molecule has 2 aliphatic rings. The lowest BCUT2D eigenvalue weighted by Crippen LogP contribution is -2.35. The molecule has 22 heavy (non-hydrogen) atoms. The van der Waals surface area contributed by atoms with E-state index in [1.54, 1.807) is 6.20 Å². The normalized spacial score (nSPS) is 20.5. The van der Waals surface area contributed by atoms with Gasteiger partial charge in [0.05, 0.1) is 0 Å². The Morgan fingerprint density at radius 1 is 1.05 bits per heavy atom. The van der Waals surface area contributed by atoms with Crippen LogP contribution in [0.4, 0.5) is 5.69 Å². The second kappa shape index (κ2) is 7.61. The standard InChI is InChI=1S/C18H27N3O/c22-18(20-15-8-4-2-1-3-5-9-15)17-14-16(10-11-19-17)21-12-6-7-13-21/h10-11,14-15H,1-9,12-13H2,(H,20,22). The van der Waals surface area contributed by atoms with Gasteiger partial charge in [-0.05, 0) is 37.8 Å². The van der Waals surface area contributed by atoms with Crippen molar-refractivity contribution in [2.75, 3.05) is 18.0 Å². The van der Waals surface area contributed by atoms with Gasteiger partial charge in [0.15, 0.2) is 0 Å². The van der Waals surface area contributed by atoms with Crippen LogP contribution in [0.2, 0.25) is 0 Å². The number of hydrogen-bond donors (Lipinski definition) is 1. The van der Waals surface area contributed by atoms with Gasteiger partial charge in [-0.15, -0.1) is 0 Å². The quantitative estimate of drug-likeness (QED) is 0.929. The number of amides is 1. The minimum absolute atomic E-state index is 0.00776. The van der Waals surface area contributed by atoms with Crippen molar-refractivity contribution in [2.24, 2.45) is 0 Å². The maximum Gasteiger partial charge on any atom is 0.270 e. The number of nitrogens with zero attached hydrogens (tertiary/aromatic N) is 2. The maximum atomic E-state index is 12.5. The first-order valence-electron chi connectivity index (χ1n) is 8.85. The third-order valence-corrected chi connectivity index (χ3v) is 4.89. The summed E-state index contributed by atoms with van der Waals surface area (Å²) in [6, 6.07) is 4.28. The molecule has 0 unspecified atom stereocenters. The smallest absolute Gasteiger partial charge is 0.270 e. The second-order valence-corrected chi connectivity index (χ2v) is 6.61. The van der Waals surface area contributed by atoms with Gasteiger partial charge in [0.2, 0.25) is 0 Å². The van der Waals surface area contributed by atoms with Gasteiger partial charge < -0.3 is 10.2 Å². The number of anilines is 1. The van der Waals surface area contributed by atoms with Gasteiger partial charge in [0.25, 0.3) is 5.91 Å². The highest BCUT2D eigenvalue weighted by atomic mass is 16.1. The summed E-state index contributed by atoms with van der Waals surface area (Å²) >= 11 is 0. The van der Waals surface area contributed by atoms with Gasteiger partial charge in [0, 0.05) is 31.0 Å². The molecule has 3 rings (SSSR count). The molecule has 2 heterocycles. The van der Waals surface area contributed by atoms with Crippen LogP contribution >= 0.6 is 0 Å². The van der Waals surface area contributed by atoms with E-state index in [0.29, 0.717) is 11.7 Å². The van der Waals surface area contributed by atoms with Gasteiger partial charge in [-0.3, -0.25) is 9.78 Å². The molecule has 1 aliphatic heterocycles. The SMILES string of the molecule is O=C(NC1CCCCCCC1)c1cc(N2CCCC2)ccn1. The number of carbonyl (C=O) groups is 1. The zero-order valence-electron chi connectivity index (χ0n) is 13.4. The van der Waals surface area contributed by atoms with E-state index in [0.717, 1.165) is 31.6 Å². The van der Waals surface area contributed by atoms with Crippen LogP contribution in [0.3, 0.4) is 0 Å². The van der Waals surface area contributed by atoms with Crippen molar-refractivity contribution in [3.63, 3.8) is 0 Å². The molecule has 1 aromatic heterocycles. The van der Waals surface area contributed by atoms with Crippen molar-refractivity contribution in [3.8, 4) is 0 Å². The lowest BCUT2D eigenvalue weighted by Gasteiger charge is -2.21. The van der Waals surface area contributed by atoms with Crippen LogP contribution in [0.1, 0.15) is 68.3 Å². The van der Waals surface area contributed by atoms with E-state index in [-0.39, 0.29) is 5.91 Å². The summed E-state index contributed by atoms with van der Waals surface area (Å²) in [6.07, 6.45) is 12.9. The van der Waals surface area contributed by atoms with Gasteiger partial charge >= 0.3 is 0 Å². The highest BCUT2D eigenvalue weighted by Gasteiger charge is 2.18. The van der Waals surface area contributed by atoms with Crippen LogP contribution in [-0.2, 0) is 0 Å². The number of rotatable bonds is 3. The minimum atomic E-state index is -0.00776. The van der Waals surface area contributed by atoms with Crippen molar-refractivity contribution < 1.29 is 4.79 Å². The zero-order chi connectivity index (χ0) is 15.2. The number of carbonyl (C=O) groups excluding carboxylic acids is 1. The molecule has 1 saturated carbocycles. The van der Waals surface area contributed by atoms with E-state index in [4.69, 9.17) is 0 Å². The predicted octanol–water partition coefficient (Wildman–Crippen LogP) is 3.52. The summed E-state index contributed by atoms with van der Waals surface area (Å²) in [7, 11) is 0. The van der Waals surface area contributed by atoms with Crippen molar-refractivity contribution in [3.05, 3.63) is 24.0 Å². The van der Waals surface area contributed by atoms with Crippen LogP contribution in [0.25, 0.3) is 0 Å². The average molecular weight is 301 g/mol. The molecule has 1 aliphatic carbocycles. The fraction of sp³-hybridized carbons (Fsp3) is 0.667. The Labute approximate surface area is 133 Å². The van der Waals surface area contributed by atoms with E-state index < -0.39 is 0 Å². The molecule has 0 bridgehead atoms. The maximum absolute atomic E-state index is 12.5. The fourth-order valence-electron chi connectivity index (χ4n) is 3.58. The largest absolute Gasteiger partial charge is 0.371 e. The Balaban J connectivity index is 1.62. The molecule has 2 fully saturated rings. The average Bonchev–Trinajstić information content (AvgIpc) is 3.04. The molecule has 1 aromatic rings. The van der Waals surface area contributed by atoms with Gasteiger partial charge in [0.1, 0.15) is 5.69 Å². The highest BCUT2D eigenvalue weighted by molar-refractivity contribution is 5.93. The Morgan fingerprint density at radius 3 is 2.45 bits per heavy atom. The summed E-state index contributed by atoms with van der Waals surface area (Å²) in [5.41, 5.74) is 1.70.